The number of halogens is 1. The molecule has 2 heterocycles. The number of nitrogens with zero attached hydrogens (tertiary/aromatic N) is 1. The Hall–Kier alpha value is -1.26. The molecule has 0 saturated carbocycles. The number of hydrogen-bond donors (Lipinski definition) is 1. The minimum atomic E-state index is -0.182. The molecule has 3 rings (SSSR count). The summed E-state index contributed by atoms with van der Waals surface area (Å²) in [5.74, 6) is 0. The lowest BCUT2D eigenvalue weighted by Crippen LogP contribution is -2.50. The van der Waals surface area contributed by atoms with Gasteiger partial charge >= 0.3 is 6.09 Å². The molecule has 1 N–H and O–H groups in total. The highest BCUT2D eigenvalue weighted by atomic mass is 35.5. The predicted molar refractivity (Wildman–Crippen MR) is 84.6 cm³/mol. The Labute approximate surface area is 132 Å². The lowest BCUT2D eigenvalue weighted by Gasteiger charge is -2.34. The van der Waals surface area contributed by atoms with Gasteiger partial charge in [0.25, 0.3) is 0 Å². The molecule has 1 atom stereocenters. The van der Waals surface area contributed by atoms with Crippen LogP contribution in [0.25, 0.3) is 0 Å². The summed E-state index contributed by atoms with van der Waals surface area (Å²) in [4.78, 5) is 14.0. The second kappa shape index (κ2) is 7.14. The Balaban J connectivity index is 0.00000161. The van der Waals surface area contributed by atoms with Gasteiger partial charge in [0.05, 0.1) is 0 Å². The van der Waals surface area contributed by atoms with E-state index in [2.05, 4.69) is 5.32 Å². The number of piperidine rings is 1. The van der Waals surface area contributed by atoms with Crippen LogP contribution in [-0.2, 0) is 11.3 Å². The number of nitrogens with one attached hydrogen (secondary N) is 1. The third kappa shape index (κ3) is 3.89. The topological polar surface area (TPSA) is 41.6 Å². The molecule has 1 aromatic rings. The van der Waals surface area contributed by atoms with Gasteiger partial charge < -0.3 is 15.0 Å². The van der Waals surface area contributed by atoms with E-state index in [1.54, 1.807) is 0 Å². The zero-order valence-electron chi connectivity index (χ0n) is 12.2. The number of likely N-dealkylation sites (tertiary alicyclic amines) is 1. The highest BCUT2D eigenvalue weighted by Crippen LogP contribution is 2.29. The van der Waals surface area contributed by atoms with Crippen LogP contribution < -0.4 is 5.32 Å². The van der Waals surface area contributed by atoms with Crippen LogP contribution in [0.1, 0.15) is 31.2 Å². The molecule has 2 aliphatic heterocycles. The molecule has 5 heteroatoms. The first-order chi connectivity index (χ1) is 9.77. The Morgan fingerprint density at radius 2 is 2.05 bits per heavy atom. The summed E-state index contributed by atoms with van der Waals surface area (Å²) in [6.45, 7) is 3.03. The molecule has 0 aromatic heterocycles. The van der Waals surface area contributed by atoms with Crippen LogP contribution in [0.3, 0.4) is 0 Å². The molecule has 0 aliphatic carbocycles. The molecule has 1 spiro atoms. The van der Waals surface area contributed by atoms with Crippen molar-refractivity contribution in [3.8, 4) is 0 Å². The molecule has 4 nitrogen and oxygen atoms in total. The number of amides is 1. The van der Waals surface area contributed by atoms with Crippen molar-refractivity contribution >= 4 is 18.5 Å². The second-order valence-electron chi connectivity index (χ2n) is 5.88. The molecule has 2 saturated heterocycles. The van der Waals surface area contributed by atoms with Gasteiger partial charge in [-0.2, -0.15) is 0 Å². The predicted octanol–water partition coefficient (Wildman–Crippen LogP) is 2.96. The Morgan fingerprint density at radius 3 is 2.76 bits per heavy atom. The van der Waals surface area contributed by atoms with Gasteiger partial charge in [-0.05, 0) is 31.4 Å². The van der Waals surface area contributed by atoms with Crippen molar-refractivity contribution in [1.29, 1.82) is 0 Å². The maximum atomic E-state index is 12.1. The van der Waals surface area contributed by atoms with Gasteiger partial charge in [-0.15, -0.1) is 12.4 Å². The van der Waals surface area contributed by atoms with E-state index in [1.165, 1.54) is 19.3 Å². The number of rotatable bonds is 2. The number of carbonyl (C=O) groups is 1. The molecular formula is C16H23ClN2O2. The molecule has 0 bridgehead atoms. The van der Waals surface area contributed by atoms with E-state index in [9.17, 15) is 4.79 Å². The Kier molecular flexibility index (Phi) is 5.48. The summed E-state index contributed by atoms with van der Waals surface area (Å²) in [7, 11) is 0. The fourth-order valence-corrected chi connectivity index (χ4v) is 3.22. The van der Waals surface area contributed by atoms with Crippen molar-refractivity contribution in [3.05, 3.63) is 35.9 Å². The van der Waals surface area contributed by atoms with Crippen molar-refractivity contribution in [2.24, 2.45) is 0 Å². The van der Waals surface area contributed by atoms with Crippen molar-refractivity contribution in [2.75, 3.05) is 19.6 Å². The zero-order valence-corrected chi connectivity index (χ0v) is 13.0. The summed E-state index contributed by atoms with van der Waals surface area (Å²) >= 11 is 0. The van der Waals surface area contributed by atoms with E-state index in [-0.39, 0.29) is 24.0 Å². The van der Waals surface area contributed by atoms with Crippen LogP contribution in [-0.4, -0.2) is 36.2 Å². The number of carbonyl (C=O) groups excluding carboxylic acids is 1. The van der Waals surface area contributed by atoms with Gasteiger partial charge in [0.15, 0.2) is 0 Å². The summed E-state index contributed by atoms with van der Waals surface area (Å²) in [5, 5.41) is 3.60. The lowest BCUT2D eigenvalue weighted by molar-refractivity contribution is 0.1000. The van der Waals surface area contributed by atoms with E-state index in [0.29, 0.717) is 6.61 Å². The van der Waals surface area contributed by atoms with Gasteiger partial charge in [-0.3, -0.25) is 0 Å². The molecule has 1 unspecified atom stereocenters. The summed E-state index contributed by atoms with van der Waals surface area (Å²) in [5.41, 5.74) is 1.19. The van der Waals surface area contributed by atoms with Crippen molar-refractivity contribution in [2.45, 2.75) is 37.8 Å². The average molecular weight is 311 g/mol. The van der Waals surface area contributed by atoms with Gasteiger partial charge in [-0.1, -0.05) is 36.8 Å². The molecule has 2 fully saturated rings. The lowest BCUT2D eigenvalue weighted by atomic mass is 9.88. The van der Waals surface area contributed by atoms with E-state index in [0.717, 1.165) is 31.6 Å². The molecule has 2 aliphatic rings. The number of benzene rings is 1. The van der Waals surface area contributed by atoms with Crippen molar-refractivity contribution < 1.29 is 9.53 Å². The number of ether oxygens (including phenoxy) is 1. The molecule has 21 heavy (non-hydrogen) atoms. The Bertz CT molecular complexity index is 461. The van der Waals surface area contributed by atoms with Gasteiger partial charge in [0.2, 0.25) is 0 Å². The molecular weight excluding hydrogens is 288 g/mol. The highest BCUT2D eigenvalue weighted by molar-refractivity contribution is 5.85. The standard InChI is InChI=1S/C16H22N2O2.ClH/c19-15(20-12-14-6-2-1-3-7-14)18-11-9-16(13-18)8-4-5-10-17-16;/h1-3,6-7,17H,4-5,8-13H2;1H. The molecule has 116 valence electrons. The monoisotopic (exact) mass is 310 g/mol. The van der Waals surface area contributed by atoms with Crippen LogP contribution in [0.4, 0.5) is 4.79 Å². The van der Waals surface area contributed by atoms with Crippen LogP contribution in [0, 0.1) is 0 Å². The minimum Gasteiger partial charge on any atom is -0.445 e. The van der Waals surface area contributed by atoms with Crippen molar-refractivity contribution in [3.63, 3.8) is 0 Å². The van der Waals surface area contributed by atoms with Crippen LogP contribution in [0.2, 0.25) is 0 Å². The van der Waals surface area contributed by atoms with E-state index in [1.807, 2.05) is 35.2 Å². The van der Waals surface area contributed by atoms with E-state index >= 15 is 0 Å². The fraction of sp³-hybridized carbons (Fsp3) is 0.562. The second-order valence-corrected chi connectivity index (χ2v) is 5.88. The summed E-state index contributed by atoms with van der Waals surface area (Å²) in [6, 6.07) is 9.83. The molecule has 1 amide bonds. The molecule has 1 aromatic carbocycles. The maximum Gasteiger partial charge on any atom is 0.410 e. The SMILES string of the molecule is Cl.O=C(OCc1ccccc1)N1CCC2(CCCCN2)C1. The van der Waals surface area contributed by atoms with Gasteiger partial charge in [0, 0.05) is 18.6 Å². The first-order valence-electron chi connectivity index (χ1n) is 7.48. The van der Waals surface area contributed by atoms with E-state index < -0.39 is 0 Å². The first-order valence-corrected chi connectivity index (χ1v) is 7.48. The summed E-state index contributed by atoms with van der Waals surface area (Å²) < 4.78 is 5.41. The molecule has 0 radical (unpaired) electrons. The maximum absolute atomic E-state index is 12.1. The first kappa shape index (κ1) is 16.1. The quantitative estimate of drug-likeness (QED) is 0.913. The average Bonchev–Trinajstić information content (AvgIpc) is 2.90. The van der Waals surface area contributed by atoms with E-state index in [4.69, 9.17) is 4.74 Å². The normalized spacial score (nSPS) is 24.7. The third-order valence-corrected chi connectivity index (χ3v) is 4.40. The smallest absolute Gasteiger partial charge is 0.410 e. The zero-order chi connectivity index (χ0) is 13.8. The minimum absolute atomic E-state index is 0. The fourth-order valence-electron chi connectivity index (χ4n) is 3.22. The van der Waals surface area contributed by atoms with Crippen molar-refractivity contribution in [1.82, 2.24) is 10.2 Å². The van der Waals surface area contributed by atoms with Crippen LogP contribution in [0.5, 0.6) is 0 Å². The number of hydrogen-bond acceptors (Lipinski definition) is 3. The highest BCUT2D eigenvalue weighted by Gasteiger charge is 2.40. The van der Waals surface area contributed by atoms with Crippen LogP contribution in [0.15, 0.2) is 30.3 Å². The van der Waals surface area contributed by atoms with Crippen LogP contribution >= 0.6 is 12.4 Å². The Morgan fingerprint density at radius 1 is 1.24 bits per heavy atom. The summed E-state index contributed by atoms with van der Waals surface area (Å²) in [6.07, 6.45) is 4.56. The third-order valence-electron chi connectivity index (χ3n) is 4.40. The van der Waals surface area contributed by atoms with Gasteiger partial charge in [0.1, 0.15) is 6.61 Å². The largest absolute Gasteiger partial charge is 0.445 e. The van der Waals surface area contributed by atoms with Gasteiger partial charge in [-0.25, -0.2) is 4.79 Å².